The molecule has 27 heavy (non-hydrogen) atoms. The molecule has 1 N–H and O–H groups in total. The molecular weight excluding hydrogens is 364 g/mol. The summed E-state index contributed by atoms with van der Waals surface area (Å²) in [4.78, 5) is 22.8. The first-order valence-corrected chi connectivity index (χ1v) is 9.19. The summed E-state index contributed by atoms with van der Waals surface area (Å²) in [5.74, 6) is -0.0770. The normalized spacial score (nSPS) is 11.8. The molecule has 0 bridgehead atoms. The third kappa shape index (κ3) is 4.53. The zero-order chi connectivity index (χ0) is 19.4. The lowest BCUT2D eigenvalue weighted by molar-refractivity contribution is -0.385. The maximum Gasteiger partial charge on any atom is 0.272 e. The standard InChI is InChI=1S/C19H18N4O3S/c1-12(14-6-4-3-5-7-14)11-17-21-22-19(27-17)20-18(24)15-8-9-16(23(25)26)13(2)10-15/h3-10,12H,11H2,1-2H3,(H,20,22,24). The molecule has 8 heteroatoms. The van der Waals surface area contributed by atoms with Gasteiger partial charge in [-0.05, 0) is 30.5 Å². The van der Waals surface area contributed by atoms with Gasteiger partial charge in [-0.25, -0.2) is 0 Å². The smallest absolute Gasteiger partial charge is 0.272 e. The predicted molar refractivity (Wildman–Crippen MR) is 104 cm³/mol. The van der Waals surface area contributed by atoms with Crippen molar-refractivity contribution in [3.05, 3.63) is 80.3 Å². The maximum atomic E-state index is 12.4. The van der Waals surface area contributed by atoms with E-state index in [1.165, 1.54) is 35.1 Å². The van der Waals surface area contributed by atoms with Crippen LogP contribution in [-0.2, 0) is 6.42 Å². The van der Waals surface area contributed by atoms with Gasteiger partial charge in [-0.3, -0.25) is 20.2 Å². The second-order valence-electron chi connectivity index (χ2n) is 6.23. The van der Waals surface area contributed by atoms with Crippen LogP contribution in [0.3, 0.4) is 0 Å². The highest BCUT2D eigenvalue weighted by atomic mass is 32.1. The Labute approximate surface area is 160 Å². The number of carbonyl (C=O) groups is 1. The van der Waals surface area contributed by atoms with Crippen molar-refractivity contribution in [2.45, 2.75) is 26.2 Å². The first kappa shape index (κ1) is 18.7. The average molecular weight is 382 g/mol. The molecule has 0 saturated heterocycles. The Balaban J connectivity index is 1.66. The third-order valence-electron chi connectivity index (χ3n) is 4.19. The highest BCUT2D eigenvalue weighted by Crippen LogP contribution is 2.25. The number of hydrogen-bond donors (Lipinski definition) is 1. The van der Waals surface area contributed by atoms with E-state index in [0.717, 1.165) is 11.4 Å². The van der Waals surface area contributed by atoms with Crippen LogP contribution in [0, 0.1) is 17.0 Å². The van der Waals surface area contributed by atoms with Crippen LogP contribution in [0.1, 0.15) is 39.3 Å². The number of nitrogens with one attached hydrogen (secondary N) is 1. The number of carbonyl (C=O) groups excluding carboxylic acids is 1. The van der Waals surface area contributed by atoms with Gasteiger partial charge in [0, 0.05) is 23.6 Å². The van der Waals surface area contributed by atoms with Crippen LogP contribution < -0.4 is 5.32 Å². The Bertz CT molecular complexity index is 972. The summed E-state index contributed by atoms with van der Waals surface area (Å²) in [5.41, 5.74) is 1.98. The number of aromatic nitrogens is 2. The molecule has 7 nitrogen and oxygen atoms in total. The van der Waals surface area contributed by atoms with E-state index in [2.05, 4.69) is 34.6 Å². The van der Waals surface area contributed by atoms with Crippen LogP contribution in [0.5, 0.6) is 0 Å². The molecular formula is C19H18N4O3S. The Morgan fingerprint density at radius 1 is 1.22 bits per heavy atom. The van der Waals surface area contributed by atoms with E-state index < -0.39 is 4.92 Å². The highest BCUT2D eigenvalue weighted by molar-refractivity contribution is 7.15. The third-order valence-corrected chi connectivity index (χ3v) is 5.05. The summed E-state index contributed by atoms with van der Waals surface area (Å²) >= 11 is 1.33. The fourth-order valence-corrected chi connectivity index (χ4v) is 3.58. The van der Waals surface area contributed by atoms with Gasteiger partial charge in [-0.1, -0.05) is 48.6 Å². The Hall–Kier alpha value is -3.13. The molecule has 3 aromatic rings. The number of anilines is 1. The molecule has 0 aliphatic carbocycles. The van der Waals surface area contributed by atoms with Gasteiger partial charge in [0.05, 0.1) is 4.92 Å². The molecule has 1 aromatic heterocycles. The number of aryl methyl sites for hydroxylation is 1. The van der Waals surface area contributed by atoms with Crippen LogP contribution in [-0.4, -0.2) is 21.0 Å². The average Bonchev–Trinajstić information content (AvgIpc) is 3.08. The van der Waals surface area contributed by atoms with E-state index in [4.69, 9.17) is 0 Å². The fourth-order valence-electron chi connectivity index (χ4n) is 2.72. The van der Waals surface area contributed by atoms with Gasteiger partial charge in [0.2, 0.25) is 5.13 Å². The lowest BCUT2D eigenvalue weighted by Crippen LogP contribution is -2.12. The minimum absolute atomic E-state index is 0.0142. The molecule has 0 spiro atoms. The number of benzene rings is 2. The van der Waals surface area contributed by atoms with Gasteiger partial charge in [-0.15, -0.1) is 10.2 Å². The summed E-state index contributed by atoms with van der Waals surface area (Å²) in [7, 11) is 0. The van der Waals surface area contributed by atoms with Crippen molar-refractivity contribution in [2.75, 3.05) is 5.32 Å². The second kappa shape index (κ2) is 8.05. The van der Waals surface area contributed by atoms with E-state index in [1.54, 1.807) is 6.92 Å². The molecule has 1 unspecified atom stereocenters. The predicted octanol–water partition coefficient (Wildman–Crippen LogP) is 4.35. The van der Waals surface area contributed by atoms with Crippen LogP contribution >= 0.6 is 11.3 Å². The van der Waals surface area contributed by atoms with Crippen molar-refractivity contribution < 1.29 is 9.72 Å². The number of nitro benzene ring substituents is 1. The van der Waals surface area contributed by atoms with Crippen molar-refractivity contribution in [2.24, 2.45) is 0 Å². The van der Waals surface area contributed by atoms with Gasteiger partial charge in [0.15, 0.2) is 0 Å². The maximum absolute atomic E-state index is 12.4. The van der Waals surface area contributed by atoms with Crippen LogP contribution in [0.25, 0.3) is 0 Å². The van der Waals surface area contributed by atoms with Gasteiger partial charge in [0.1, 0.15) is 5.01 Å². The molecule has 1 atom stereocenters. The summed E-state index contributed by atoms with van der Waals surface area (Å²) < 4.78 is 0. The zero-order valence-electron chi connectivity index (χ0n) is 14.9. The fraction of sp³-hybridized carbons (Fsp3) is 0.211. The molecule has 3 rings (SSSR count). The molecule has 1 amide bonds. The molecule has 0 saturated carbocycles. The molecule has 0 radical (unpaired) electrons. The summed E-state index contributed by atoms with van der Waals surface area (Å²) in [5, 5.41) is 23.0. The molecule has 0 aliphatic rings. The monoisotopic (exact) mass is 382 g/mol. The molecule has 0 aliphatic heterocycles. The minimum Gasteiger partial charge on any atom is -0.296 e. The van der Waals surface area contributed by atoms with Gasteiger partial charge in [0.25, 0.3) is 11.6 Å². The lowest BCUT2D eigenvalue weighted by Gasteiger charge is -2.08. The largest absolute Gasteiger partial charge is 0.296 e. The van der Waals surface area contributed by atoms with E-state index in [0.29, 0.717) is 22.2 Å². The van der Waals surface area contributed by atoms with E-state index >= 15 is 0 Å². The van der Waals surface area contributed by atoms with Crippen LogP contribution in [0.4, 0.5) is 10.8 Å². The first-order chi connectivity index (χ1) is 12.9. The number of rotatable bonds is 6. The van der Waals surface area contributed by atoms with Gasteiger partial charge in [-0.2, -0.15) is 0 Å². The minimum atomic E-state index is -0.470. The Morgan fingerprint density at radius 2 is 1.96 bits per heavy atom. The molecule has 138 valence electrons. The number of hydrogen-bond acceptors (Lipinski definition) is 6. The number of nitrogens with zero attached hydrogens (tertiary/aromatic N) is 3. The van der Waals surface area contributed by atoms with Crippen molar-refractivity contribution in [3.63, 3.8) is 0 Å². The van der Waals surface area contributed by atoms with E-state index in [1.807, 2.05) is 18.2 Å². The van der Waals surface area contributed by atoms with Crippen molar-refractivity contribution in [1.82, 2.24) is 10.2 Å². The summed E-state index contributed by atoms with van der Waals surface area (Å²) in [6.45, 7) is 3.72. The van der Waals surface area contributed by atoms with Crippen LogP contribution in [0.15, 0.2) is 48.5 Å². The van der Waals surface area contributed by atoms with Crippen molar-refractivity contribution in [3.8, 4) is 0 Å². The number of nitro groups is 1. The topological polar surface area (TPSA) is 98.0 Å². The lowest BCUT2D eigenvalue weighted by atomic mass is 9.98. The van der Waals surface area contributed by atoms with Crippen molar-refractivity contribution in [1.29, 1.82) is 0 Å². The molecule has 1 heterocycles. The second-order valence-corrected chi connectivity index (χ2v) is 7.29. The SMILES string of the molecule is Cc1cc(C(=O)Nc2nnc(CC(C)c3ccccc3)s2)ccc1[N+](=O)[O-]. The summed E-state index contributed by atoms with van der Waals surface area (Å²) in [6, 6.07) is 14.4. The number of amides is 1. The van der Waals surface area contributed by atoms with Gasteiger partial charge < -0.3 is 0 Å². The van der Waals surface area contributed by atoms with E-state index in [-0.39, 0.29) is 11.6 Å². The Kier molecular flexibility index (Phi) is 5.56. The Morgan fingerprint density at radius 3 is 2.63 bits per heavy atom. The summed E-state index contributed by atoms with van der Waals surface area (Å²) in [6.07, 6.45) is 0.730. The highest BCUT2D eigenvalue weighted by Gasteiger charge is 2.16. The van der Waals surface area contributed by atoms with E-state index in [9.17, 15) is 14.9 Å². The zero-order valence-corrected chi connectivity index (χ0v) is 15.7. The van der Waals surface area contributed by atoms with Crippen molar-refractivity contribution >= 4 is 28.1 Å². The first-order valence-electron chi connectivity index (χ1n) is 8.37. The molecule has 0 fully saturated rings. The van der Waals surface area contributed by atoms with Crippen LogP contribution in [0.2, 0.25) is 0 Å². The quantitative estimate of drug-likeness (QED) is 0.505. The van der Waals surface area contributed by atoms with Gasteiger partial charge >= 0.3 is 0 Å². The molecule has 2 aromatic carbocycles.